The molecule has 0 saturated heterocycles. The average Bonchev–Trinajstić information content (AvgIpc) is 2.72. The topological polar surface area (TPSA) is 34.0 Å². The highest BCUT2D eigenvalue weighted by Gasteiger charge is 2.10. The van der Waals surface area contributed by atoms with Gasteiger partial charge in [0, 0.05) is 31.6 Å². The van der Waals surface area contributed by atoms with E-state index < -0.39 is 0 Å². The maximum Gasteiger partial charge on any atom is 0.223 e. The number of anilines is 1. The molecular weight excluding hydrogens is 244 g/mol. The van der Waals surface area contributed by atoms with E-state index in [2.05, 4.69) is 41.3 Å². The first-order valence-corrected chi connectivity index (χ1v) is 6.92. The van der Waals surface area contributed by atoms with Crippen LogP contribution in [0.2, 0.25) is 0 Å². The minimum atomic E-state index is 0.778. The van der Waals surface area contributed by atoms with Crippen molar-refractivity contribution in [2.75, 3.05) is 24.7 Å². The summed E-state index contributed by atoms with van der Waals surface area (Å²) in [7, 11) is 5.85. The summed E-state index contributed by atoms with van der Waals surface area (Å²) < 4.78 is 1.80. The molecule has 0 aliphatic heterocycles. The SMILES string of the molecule is CCSc1cccc(-c2nc(N(C)C)n(C)n2)c1. The van der Waals surface area contributed by atoms with Gasteiger partial charge in [0.15, 0.2) is 5.82 Å². The summed E-state index contributed by atoms with van der Waals surface area (Å²) in [5.41, 5.74) is 1.07. The Bertz CT molecular complexity index is 534. The number of thioether (sulfide) groups is 1. The lowest BCUT2D eigenvalue weighted by atomic mass is 10.2. The molecule has 0 spiro atoms. The summed E-state index contributed by atoms with van der Waals surface area (Å²) in [5.74, 6) is 2.71. The number of aromatic nitrogens is 3. The maximum absolute atomic E-state index is 4.55. The van der Waals surface area contributed by atoms with Crippen molar-refractivity contribution in [3.63, 3.8) is 0 Å². The lowest BCUT2D eigenvalue weighted by Crippen LogP contribution is -2.14. The zero-order chi connectivity index (χ0) is 13.1. The van der Waals surface area contributed by atoms with Gasteiger partial charge in [-0.25, -0.2) is 4.68 Å². The van der Waals surface area contributed by atoms with Crippen molar-refractivity contribution in [2.45, 2.75) is 11.8 Å². The molecule has 4 nitrogen and oxygen atoms in total. The van der Waals surface area contributed by atoms with Crippen LogP contribution >= 0.6 is 11.8 Å². The second kappa shape index (κ2) is 5.44. The molecule has 0 aliphatic rings. The molecule has 0 amide bonds. The molecule has 0 aliphatic carbocycles. The highest BCUT2D eigenvalue weighted by atomic mass is 32.2. The molecular formula is C13H18N4S. The monoisotopic (exact) mass is 262 g/mol. The molecule has 0 bridgehead atoms. The van der Waals surface area contributed by atoms with E-state index in [0.717, 1.165) is 23.1 Å². The van der Waals surface area contributed by atoms with E-state index in [1.54, 1.807) is 4.68 Å². The van der Waals surface area contributed by atoms with Crippen molar-refractivity contribution in [3.05, 3.63) is 24.3 Å². The van der Waals surface area contributed by atoms with Crippen LogP contribution in [-0.4, -0.2) is 34.6 Å². The van der Waals surface area contributed by atoms with E-state index in [9.17, 15) is 0 Å². The van der Waals surface area contributed by atoms with Gasteiger partial charge >= 0.3 is 0 Å². The van der Waals surface area contributed by atoms with Crippen LogP contribution in [0, 0.1) is 0 Å². The summed E-state index contributed by atoms with van der Waals surface area (Å²) in [6, 6.07) is 8.36. The second-order valence-electron chi connectivity index (χ2n) is 4.21. The molecule has 0 saturated carbocycles. The molecule has 1 heterocycles. The number of benzene rings is 1. The number of aryl methyl sites for hydroxylation is 1. The van der Waals surface area contributed by atoms with Crippen LogP contribution in [-0.2, 0) is 7.05 Å². The largest absolute Gasteiger partial charge is 0.347 e. The molecule has 0 fully saturated rings. The van der Waals surface area contributed by atoms with Gasteiger partial charge < -0.3 is 4.90 Å². The van der Waals surface area contributed by atoms with E-state index in [4.69, 9.17) is 0 Å². The molecule has 0 N–H and O–H groups in total. The van der Waals surface area contributed by atoms with Crippen molar-refractivity contribution >= 4 is 17.7 Å². The van der Waals surface area contributed by atoms with Crippen LogP contribution in [0.1, 0.15) is 6.92 Å². The van der Waals surface area contributed by atoms with Gasteiger partial charge in [0.25, 0.3) is 0 Å². The fraction of sp³-hybridized carbons (Fsp3) is 0.385. The van der Waals surface area contributed by atoms with Gasteiger partial charge in [-0.15, -0.1) is 16.9 Å². The Hall–Kier alpha value is -1.49. The Morgan fingerprint density at radius 2 is 2.11 bits per heavy atom. The van der Waals surface area contributed by atoms with Gasteiger partial charge in [0.2, 0.25) is 5.95 Å². The predicted molar refractivity (Wildman–Crippen MR) is 77.2 cm³/mol. The molecule has 0 unspecified atom stereocenters. The van der Waals surface area contributed by atoms with Crippen molar-refractivity contribution in [2.24, 2.45) is 7.05 Å². The van der Waals surface area contributed by atoms with Gasteiger partial charge in [-0.05, 0) is 17.9 Å². The molecule has 2 aromatic rings. The van der Waals surface area contributed by atoms with Crippen molar-refractivity contribution in [1.82, 2.24) is 14.8 Å². The lowest BCUT2D eigenvalue weighted by Gasteiger charge is -2.08. The van der Waals surface area contributed by atoms with Crippen molar-refractivity contribution in [1.29, 1.82) is 0 Å². The lowest BCUT2D eigenvalue weighted by molar-refractivity contribution is 0.753. The Labute approximate surface area is 112 Å². The number of rotatable bonds is 4. The second-order valence-corrected chi connectivity index (χ2v) is 5.55. The summed E-state index contributed by atoms with van der Waals surface area (Å²) in [6.07, 6.45) is 0. The van der Waals surface area contributed by atoms with Crippen molar-refractivity contribution in [3.8, 4) is 11.4 Å². The van der Waals surface area contributed by atoms with Gasteiger partial charge in [-0.2, -0.15) is 4.98 Å². The third-order valence-corrected chi connectivity index (χ3v) is 3.42. The summed E-state index contributed by atoms with van der Waals surface area (Å²) in [5, 5.41) is 4.46. The number of nitrogens with zero attached hydrogens (tertiary/aromatic N) is 4. The first-order chi connectivity index (χ1) is 8.61. The highest BCUT2D eigenvalue weighted by molar-refractivity contribution is 7.99. The van der Waals surface area contributed by atoms with Crippen LogP contribution in [0.25, 0.3) is 11.4 Å². The number of hydrogen-bond donors (Lipinski definition) is 0. The fourth-order valence-corrected chi connectivity index (χ4v) is 2.50. The number of hydrogen-bond acceptors (Lipinski definition) is 4. The quantitative estimate of drug-likeness (QED) is 0.793. The van der Waals surface area contributed by atoms with Crippen LogP contribution in [0.4, 0.5) is 5.95 Å². The minimum absolute atomic E-state index is 0.778. The molecule has 2 rings (SSSR count). The Kier molecular flexibility index (Phi) is 3.91. The smallest absolute Gasteiger partial charge is 0.223 e. The van der Waals surface area contributed by atoms with E-state index in [1.165, 1.54) is 4.90 Å². The molecule has 0 radical (unpaired) electrons. The molecule has 1 aromatic heterocycles. The van der Waals surface area contributed by atoms with Gasteiger partial charge in [-0.1, -0.05) is 19.1 Å². The Balaban J connectivity index is 2.36. The molecule has 0 atom stereocenters. The summed E-state index contributed by atoms with van der Waals surface area (Å²) >= 11 is 1.83. The first kappa shape index (κ1) is 13.0. The first-order valence-electron chi connectivity index (χ1n) is 5.93. The molecule has 1 aromatic carbocycles. The zero-order valence-electron chi connectivity index (χ0n) is 11.2. The normalized spacial score (nSPS) is 10.7. The fourth-order valence-electron chi connectivity index (χ4n) is 1.78. The standard InChI is InChI=1S/C13H18N4S/c1-5-18-11-8-6-7-10(9-11)12-14-13(16(2)3)17(4)15-12/h6-9H,5H2,1-4H3. The van der Waals surface area contributed by atoms with Gasteiger partial charge in [0.1, 0.15) is 0 Å². The van der Waals surface area contributed by atoms with E-state index in [0.29, 0.717) is 0 Å². The van der Waals surface area contributed by atoms with Crippen LogP contribution < -0.4 is 4.90 Å². The van der Waals surface area contributed by atoms with Gasteiger partial charge in [-0.3, -0.25) is 0 Å². The molecule has 96 valence electrons. The average molecular weight is 262 g/mol. The van der Waals surface area contributed by atoms with Gasteiger partial charge in [0.05, 0.1) is 0 Å². The van der Waals surface area contributed by atoms with E-state index >= 15 is 0 Å². The predicted octanol–water partition coefficient (Wildman–Crippen LogP) is 2.66. The maximum atomic E-state index is 4.55. The Morgan fingerprint density at radius 1 is 1.33 bits per heavy atom. The highest BCUT2D eigenvalue weighted by Crippen LogP contribution is 2.24. The third-order valence-electron chi connectivity index (χ3n) is 2.54. The van der Waals surface area contributed by atoms with Crippen LogP contribution in [0.15, 0.2) is 29.2 Å². The summed E-state index contributed by atoms with van der Waals surface area (Å²) in [6.45, 7) is 2.15. The molecule has 18 heavy (non-hydrogen) atoms. The summed E-state index contributed by atoms with van der Waals surface area (Å²) in [4.78, 5) is 7.77. The Morgan fingerprint density at radius 3 is 2.72 bits per heavy atom. The minimum Gasteiger partial charge on any atom is -0.347 e. The van der Waals surface area contributed by atoms with Crippen molar-refractivity contribution < 1.29 is 0 Å². The van der Waals surface area contributed by atoms with Crippen LogP contribution in [0.3, 0.4) is 0 Å². The zero-order valence-corrected chi connectivity index (χ0v) is 12.0. The van der Waals surface area contributed by atoms with E-state index in [1.807, 2.05) is 37.8 Å². The molecule has 5 heteroatoms. The third kappa shape index (κ3) is 2.67. The van der Waals surface area contributed by atoms with Crippen LogP contribution in [0.5, 0.6) is 0 Å². The van der Waals surface area contributed by atoms with E-state index in [-0.39, 0.29) is 0 Å².